The normalized spacial score (nSPS) is 21.9. The summed E-state index contributed by atoms with van der Waals surface area (Å²) >= 11 is 1.59. The largest absolute Gasteiger partial charge is 0.384 e. The number of thiophene rings is 1. The Balaban J connectivity index is 1.79. The third-order valence-electron chi connectivity index (χ3n) is 6.87. The van der Waals surface area contributed by atoms with Gasteiger partial charge in [-0.2, -0.15) is 10.5 Å². The molecule has 5 rings (SSSR count). The molecule has 0 radical (unpaired) electrons. The van der Waals surface area contributed by atoms with E-state index in [4.69, 9.17) is 5.73 Å². The van der Waals surface area contributed by atoms with Gasteiger partial charge >= 0.3 is 0 Å². The molecule has 2 aliphatic carbocycles. The molecule has 0 amide bonds. The first-order valence-electron chi connectivity index (χ1n) is 11.3. The van der Waals surface area contributed by atoms with Gasteiger partial charge in [0.1, 0.15) is 16.9 Å². The maximum Gasteiger partial charge on any atom is 0.162 e. The van der Waals surface area contributed by atoms with Gasteiger partial charge in [-0.15, -0.1) is 11.3 Å². The number of allylic oxidation sites excluding steroid dienone is 3. The van der Waals surface area contributed by atoms with Gasteiger partial charge in [-0.25, -0.2) is 0 Å². The highest BCUT2D eigenvalue weighted by molar-refractivity contribution is 7.16. The van der Waals surface area contributed by atoms with Crippen LogP contribution in [0.2, 0.25) is 0 Å². The first kappa shape index (κ1) is 21.4. The minimum atomic E-state index is -0.543. The van der Waals surface area contributed by atoms with E-state index in [0.29, 0.717) is 35.4 Å². The Bertz CT molecular complexity index is 1300. The van der Waals surface area contributed by atoms with Crippen LogP contribution in [0.5, 0.6) is 0 Å². The van der Waals surface area contributed by atoms with Crippen molar-refractivity contribution in [2.45, 2.75) is 58.3 Å². The van der Waals surface area contributed by atoms with Crippen LogP contribution < -0.4 is 10.6 Å². The van der Waals surface area contributed by atoms with Gasteiger partial charge in [-0.3, -0.25) is 14.7 Å². The van der Waals surface area contributed by atoms with Crippen molar-refractivity contribution in [3.05, 3.63) is 68.8 Å². The minimum Gasteiger partial charge on any atom is -0.384 e. The number of nitrogens with two attached hydrogens (primary N) is 1. The average Bonchev–Trinajstić information content (AvgIpc) is 3.16. The summed E-state index contributed by atoms with van der Waals surface area (Å²) in [6, 6.07) is 8.41. The Kier molecular flexibility index (Phi) is 5.11. The maximum absolute atomic E-state index is 13.6. The Hall–Kier alpha value is -3.42. The lowest BCUT2D eigenvalue weighted by Gasteiger charge is -2.43. The number of ketones is 1. The molecule has 1 aliphatic heterocycles. The van der Waals surface area contributed by atoms with Crippen molar-refractivity contribution >= 4 is 22.1 Å². The van der Waals surface area contributed by atoms with Gasteiger partial charge in [0.2, 0.25) is 0 Å². The number of nitrogens with zero attached hydrogens (tertiary/aromatic N) is 4. The number of nitriles is 2. The standard InChI is InChI=1S/C26H25N5OS/c1-26(2)10-19-23(20(32)11-26)22(15-6-5-9-30-14-15)18(13-28)24(29)31(19)25-17(12-27)16-7-3-4-8-21(16)33-25/h5-6,9,14,22H,3-4,7-8,10-11,29H2,1-2H3. The van der Waals surface area contributed by atoms with Crippen molar-refractivity contribution in [2.75, 3.05) is 4.90 Å². The van der Waals surface area contributed by atoms with E-state index in [9.17, 15) is 15.3 Å². The average molecular weight is 456 g/mol. The fourth-order valence-electron chi connectivity index (χ4n) is 5.45. The molecule has 33 heavy (non-hydrogen) atoms. The zero-order valence-electron chi connectivity index (χ0n) is 18.8. The Morgan fingerprint density at radius 2 is 2.00 bits per heavy atom. The molecule has 2 aromatic rings. The molecule has 7 heteroatoms. The number of hydrogen-bond acceptors (Lipinski definition) is 7. The van der Waals surface area contributed by atoms with E-state index in [1.807, 2.05) is 17.0 Å². The summed E-state index contributed by atoms with van der Waals surface area (Å²) in [5.74, 6) is -0.204. The minimum absolute atomic E-state index is 0.0279. The van der Waals surface area contributed by atoms with Gasteiger partial charge in [0.25, 0.3) is 0 Å². The van der Waals surface area contributed by atoms with Crippen molar-refractivity contribution < 1.29 is 4.79 Å². The predicted molar refractivity (Wildman–Crippen MR) is 127 cm³/mol. The van der Waals surface area contributed by atoms with Crippen molar-refractivity contribution in [1.82, 2.24) is 4.98 Å². The van der Waals surface area contributed by atoms with Crippen LogP contribution in [0, 0.1) is 28.1 Å². The van der Waals surface area contributed by atoms with Crippen LogP contribution in [0.3, 0.4) is 0 Å². The smallest absolute Gasteiger partial charge is 0.162 e. The molecule has 1 unspecified atom stereocenters. The quantitative estimate of drug-likeness (QED) is 0.695. The molecule has 6 nitrogen and oxygen atoms in total. The van der Waals surface area contributed by atoms with Crippen LogP contribution in [-0.4, -0.2) is 10.8 Å². The highest BCUT2D eigenvalue weighted by Gasteiger charge is 2.45. The van der Waals surface area contributed by atoms with E-state index < -0.39 is 5.92 Å². The summed E-state index contributed by atoms with van der Waals surface area (Å²) in [5.41, 5.74) is 10.8. The molecule has 0 saturated carbocycles. The summed E-state index contributed by atoms with van der Waals surface area (Å²) in [6.45, 7) is 4.16. The summed E-state index contributed by atoms with van der Waals surface area (Å²) < 4.78 is 0. The SMILES string of the molecule is CC1(C)CC(=O)C2=C(C1)N(c1sc3c(c1C#N)CCCC3)C(N)=C(C#N)C2c1cccnc1. The first-order chi connectivity index (χ1) is 15.9. The third kappa shape index (κ3) is 3.35. The molecule has 166 valence electrons. The number of hydrogen-bond donors (Lipinski definition) is 1. The predicted octanol–water partition coefficient (Wildman–Crippen LogP) is 4.83. The van der Waals surface area contributed by atoms with Gasteiger partial charge < -0.3 is 5.73 Å². The monoisotopic (exact) mass is 455 g/mol. The van der Waals surface area contributed by atoms with E-state index in [2.05, 4.69) is 31.0 Å². The second-order valence-corrected chi connectivity index (χ2v) is 10.9. The summed E-state index contributed by atoms with van der Waals surface area (Å²) in [5, 5.41) is 21.0. The molecule has 2 N–H and O–H groups in total. The van der Waals surface area contributed by atoms with Gasteiger partial charge in [0.15, 0.2) is 5.78 Å². The summed E-state index contributed by atoms with van der Waals surface area (Å²) in [4.78, 5) is 20.9. The van der Waals surface area contributed by atoms with Crippen LogP contribution in [0.1, 0.15) is 67.0 Å². The lowest BCUT2D eigenvalue weighted by molar-refractivity contribution is -0.118. The van der Waals surface area contributed by atoms with Crippen LogP contribution in [0.15, 0.2) is 47.2 Å². The molecule has 0 spiro atoms. The van der Waals surface area contributed by atoms with E-state index in [1.54, 1.807) is 23.7 Å². The van der Waals surface area contributed by atoms with Crippen LogP contribution in [-0.2, 0) is 17.6 Å². The fourth-order valence-corrected chi connectivity index (χ4v) is 6.82. The van der Waals surface area contributed by atoms with Crippen molar-refractivity contribution in [2.24, 2.45) is 11.1 Å². The van der Waals surface area contributed by atoms with Crippen molar-refractivity contribution in [3.8, 4) is 12.1 Å². The maximum atomic E-state index is 13.6. The molecule has 0 fully saturated rings. The Morgan fingerprint density at radius 1 is 1.21 bits per heavy atom. The summed E-state index contributed by atoms with van der Waals surface area (Å²) in [6.07, 6.45) is 8.42. The number of aryl methyl sites for hydroxylation is 1. The van der Waals surface area contributed by atoms with Crippen molar-refractivity contribution in [1.29, 1.82) is 10.5 Å². The second-order valence-electron chi connectivity index (χ2n) is 9.77. The van der Waals surface area contributed by atoms with E-state index in [-0.39, 0.29) is 11.2 Å². The van der Waals surface area contributed by atoms with Crippen molar-refractivity contribution in [3.63, 3.8) is 0 Å². The molecule has 0 bridgehead atoms. The zero-order valence-corrected chi connectivity index (χ0v) is 19.6. The number of carbonyl (C=O) groups is 1. The van der Waals surface area contributed by atoms with Gasteiger partial charge in [-0.05, 0) is 54.7 Å². The van der Waals surface area contributed by atoms with Crippen LogP contribution in [0.25, 0.3) is 0 Å². The van der Waals surface area contributed by atoms with Gasteiger partial charge in [-0.1, -0.05) is 19.9 Å². The topological polar surface area (TPSA) is 107 Å². The van der Waals surface area contributed by atoms with E-state index in [1.165, 1.54) is 4.88 Å². The molecule has 0 aromatic carbocycles. The Morgan fingerprint density at radius 3 is 2.70 bits per heavy atom. The number of aromatic nitrogens is 1. The Labute approximate surface area is 197 Å². The highest BCUT2D eigenvalue weighted by atomic mass is 32.1. The molecule has 0 saturated heterocycles. The molecule has 3 heterocycles. The molecular formula is C26H25N5OS. The summed E-state index contributed by atoms with van der Waals surface area (Å²) in [7, 11) is 0. The molecule has 1 atom stereocenters. The number of carbonyl (C=O) groups excluding carboxylic acids is 1. The number of anilines is 1. The second kappa shape index (κ2) is 7.86. The number of rotatable bonds is 2. The lowest BCUT2D eigenvalue weighted by atomic mass is 9.69. The molecule has 3 aliphatic rings. The van der Waals surface area contributed by atoms with Gasteiger partial charge in [0, 0.05) is 35.0 Å². The van der Waals surface area contributed by atoms with E-state index >= 15 is 0 Å². The van der Waals surface area contributed by atoms with Crippen LogP contribution >= 0.6 is 11.3 Å². The van der Waals surface area contributed by atoms with Crippen LogP contribution in [0.4, 0.5) is 5.00 Å². The lowest BCUT2D eigenvalue weighted by Crippen LogP contribution is -2.42. The number of pyridine rings is 1. The highest BCUT2D eigenvalue weighted by Crippen LogP contribution is 2.52. The van der Waals surface area contributed by atoms with E-state index in [0.717, 1.165) is 47.5 Å². The van der Waals surface area contributed by atoms with Gasteiger partial charge in [0.05, 0.1) is 23.1 Å². The third-order valence-corrected chi connectivity index (χ3v) is 8.14. The first-order valence-corrected chi connectivity index (χ1v) is 12.1. The number of Topliss-reactive ketones (excluding diaryl/α,β-unsaturated/α-hetero) is 1. The fraction of sp³-hybridized carbons (Fsp3) is 0.385. The number of fused-ring (bicyclic) bond motifs is 1. The molecular weight excluding hydrogens is 430 g/mol. The molecule has 2 aromatic heterocycles. The zero-order chi connectivity index (χ0) is 23.3.